The number of hydrogen-bond acceptors (Lipinski definition) is 0. The van der Waals surface area contributed by atoms with E-state index in [0.717, 1.165) is 0 Å². The predicted octanol–water partition coefficient (Wildman–Crippen LogP) is 15.0. The summed E-state index contributed by atoms with van der Waals surface area (Å²) < 4.78 is 5.28. The van der Waals surface area contributed by atoms with Gasteiger partial charge in [0.1, 0.15) is 12.4 Å². The molecule has 1 rings (SSSR count). The van der Waals surface area contributed by atoms with Crippen LogP contribution in [0.2, 0.25) is 0 Å². The van der Waals surface area contributed by atoms with E-state index >= 15 is 0 Å². The maximum Gasteiger partial charge on any atom is 0.256 e. The van der Waals surface area contributed by atoms with Crippen molar-refractivity contribution in [1.82, 2.24) is 4.57 Å². The quantitative estimate of drug-likeness (QED) is 0.0501. The topological polar surface area (TPSA) is 8.81 Å². The van der Waals surface area contributed by atoms with Gasteiger partial charge in [-0.15, -0.1) is 0 Å². The van der Waals surface area contributed by atoms with Crippen molar-refractivity contribution in [2.75, 3.05) is 0 Å². The number of aryl methyl sites for hydroxylation is 2. The zero-order chi connectivity index (χ0) is 33.0. The molecule has 0 saturated carbocycles. The average Bonchev–Trinajstić information content (AvgIpc) is 3.45. The summed E-state index contributed by atoms with van der Waals surface area (Å²) in [6.07, 6.45) is 56.3. The van der Waals surface area contributed by atoms with Crippen LogP contribution < -0.4 is 4.57 Å². The third-order valence-electron chi connectivity index (χ3n) is 10.6. The molecule has 1 aromatic rings. The Hall–Kier alpha value is -0.790. The highest BCUT2D eigenvalue weighted by molar-refractivity contribution is 4.84. The molecule has 0 aliphatic heterocycles. The van der Waals surface area contributed by atoms with E-state index in [9.17, 15) is 0 Å². The van der Waals surface area contributed by atoms with Crippen LogP contribution in [-0.4, -0.2) is 4.57 Å². The summed E-state index contributed by atoms with van der Waals surface area (Å²) in [5, 5.41) is 0. The van der Waals surface area contributed by atoms with Crippen molar-refractivity contribution in [3.05, 3.63) is 18.2 Å². The van der Waals surface area contributed by atoms with Gasteiger partial charge in [-0.1, -0.05) is 213 Å². The van der Waals surface area contributed by atoms with Crippen molar-refractivity contribution in [2.24, 2.45) is 0 Å². The minimum Gasteiger partial charge on any atom is -0.234 e. The number of imidazole rings is 1. The molecule has 272 valence electrons. The van der Waals surface area contributed by atoms with Crippen molar-refractivity contribution in [2.45, 2.75) is 265 Å². The molecule has 0 saturated heterocycles. The fourth-order valence-corrected chi connectivity index (χ4v) is 7.39. The molecule has 0 bridgehead atoms. The first-order valence-electron chi connectivity index (χ1n) is 21.9. The zero-order valence-electron chi connectivity index (χ0n) is 32.4. The SMILES string of the molecule is CCCCCCCCCCCCCCCCCC[n+]1ccn(CCCCCCCCCCCC)c1CCCCCCCCCCC. The second-order valence-electron chi connectivity index (χ2n) is 15.2. The fraction of sp³-hybridized carbons (Fsp3) is 0.932. The molecule has 0 unspecified atom stereocenters. The lowest BCUT2D eigenvalue weighted by atomic mass is 10.0. The molecule has 0 radical (unpaired) electrons. The van der Waals surface area contributed by atoms with Gasteiger partial charge < -0.3 is 0 Å². The van der Waals surface area contributed by atoms with E-state index in [4.69, 9.17) is 0 Å². The van der Waals surface area contributed by atoms with Crippen LogP contribution in [0.4, 0.5) is 0 Å². The summed E-state index contributed by atoms with van der Waals surface area (Å²) in [6.45, 7) is 9.41. The van der Waals surface area contributed by atoms with Gasteiger partial charge in [0, 0.05) is 6.42 Å². The van der Waals surface area contributed by atoms with E-state index in [0.29, 0.717) is 0 Å². The maximum absolute atomic E-state index is 2.64. The first kappa shape index (κ1) is 43.2. The van der Waals surface area contributed by atoms with Gasteiger partial charge in [-0.2, -0.15) is 0 Å². The molecule has 0 aliphatic rings. The molecular formula is C44H87N2+. The number of rotatable bonds is 38. The Morgan fingerprint density at radius 2 is 0.674 bits per heavy atom. The lowest BCUT2D eigenvalue weighted by Crippen LogP contribution is -2.37. The Labute approximate surface area is 291 Å². The predicted molar refractivity (Wildman–Crippen MR) is 207 cm³/mol. The molecule has 0 spiro atoms. The lowest BCUT2D eigenvalue weighted by Gasteiger charge is -2.07. The minimum absolute atomic E-state index is 1.23. The summed E-state index contributed by atoms with van der Waals surface area (Å²) in [5.74, 6) is 1.62. The van der Waals surface area contributed by atoms with Gasteiger partial charge in [0.15, 0.2) is 0 Å². The first-order valence-corrected chi connectivity index (χ1v) is 21.9. The smallest absolute Gasteiger partial charge is 0.234 e. The Morgan fingerprint density at radius 1 is 0.370 bits per heavy atom. The van der Waals surface area contributed by atoms with Crippen molar-refractivity contribution < 1.29 is 4.57 Å². The molecule has 0 atom stereocenters. The second kappa shape index (κ2) is 35.5. The Balaban J connectivity index is 2.24. The van der Waals surface area contributed by atoms with Gasteiger partial charge in [-0.3, -0.25) is 0 Å². The Kier molecular flexibility index (Phi) is 33.4. The third-order valence-corrected chi connectivity index (χ3v) is 10.6. The van der Waals surface area contributed by atoms with Crippen LogP contribution in [0.3, 0.4) is 0 Å². The highest BCUT2D eigenvalue weighted by Gasteiger charge is 2.16. The number of aromatic nitrogens is 2. The van der Waals surface area contributed by atoms with Gasteiger partial charge in [-0.05, 0) is 32.1 Å². The van der Waals surface area contributed by atoms with Crippen molar-refractivity contribution in [3.63, 3.8) is 0 Å². The van der Waals surface area contributed by atoms with Gasteiger partial charge in [0.25, 0.3) is 5.82 Å². The molecule has 1 aromatic heterocycles. The van der Waals surface area contributed by atoms with Crippen LogP contribution in [-0.2, 0) is 19.5 Å². The molecule has 1 heterocycles. The van der Waals surface area contributed by atoms with Crippen molar-refractivity contribution in [3.8, 4) is 0 Å². The highest BCUT2D eigenvalue weighted by Crippen LogP contribution is 2.16. The Bertz CT molecular complexity index is 707. The maximum atomic E-state index is 2.64. The average molecular weight is 644 g/mol. The van der Waals surface area contributed by atoms with Crippen LogP contribution >= 0.6 is 0 Å². The van der Waals surface area contributed by atoms with E-state index in [-0.39, 0.29) is 0 Å². The summed E-state index contributed by atoms with van der Waals surface area (Å²) in [7, 11) is 0. The number of hydrogen-bond donors (Lipinski definition) is 0. The summed E-state index contributed by atoms with van der Waals surface area (Å²) >= 11 is 0. The van der Waals surface area contributed by atoms with Gasteiger partial charge in [0.05, 0.1) is 13.1 Å². The molecule has 0 aliphatic carbocycles. The highest BCUT2D eigenvalue weighted by atomic mass is 15.1. The lowest BCUT2D eigenvalue weighted by molar-refractivity contribution is -0.704. The monoisotopic (exact) mass is 644 g/mol. The third kappa shape index (κ3) is 27.2. The molecule has 0 fully saturated rings. The summed E-state index contributed by atoms with van der Waals surface area (Å²) in [4.78, 5) is 0. The van der Waals surface area contributed by atoms with Gasteiger partial charge in [0.2, 0.25) is 0 Å². The van der Waals surface area contributed by atoms with Crippen LogP contribution in [0.1, 0.15) is 251 Å². The van der Waals surface area contributed by atoms with Gasteiger partial charge in [-0.25, -0.2) is 9.13 Å². The van der Waals surface area contributed by atoms with Crippen molar-refractivity contribution in [1.29, 1.82) is 0 Å². The summed E-state index contributed by atoms with van der Waals surface area (Å²) in [6, 6.07) is 0. The van der Waals surface area contributed by atoms with Crippen LogP contribution in [0.15, 0.2) is 12.4 Å². The van der Waals surface area contributed by atoms with E-state index in [1.165, 1.54) is 244 Å². The molecule has 2 heteroatoms. The molecule has 0 aromatic carbocycles. The standard InChI is InChI=1S/C44H87N2/c1-4-7-10-13-16-19-21-22-23-24-25-26-29-32-35-38-41-46-43-42-45(40-37-34-31-28-20-17-14-11-8-5-2)44(46)39-36-33-30-27-18-15-12-9-6-3/h42-43H,4-41H2,1-3H3/q+1. The first-order chi connectivity index (χ1) is 22.8. The van der Waals surface area contributed by atoms with Crippen LogP contribution in [0.25, 0.3) is 0 Å². The van der Waals surface area contributed by atoms with E-state index in [1.54, 1.807) is 5.82 Å². The Morgan fingerprint density at radius 3 is 1.04 bits per heavy atom. The van der Waals surface area contributed by atoms with Gasteiger partial charge >= 0.3 is 0 Å². The zero-order valence-corrected chi connectivity index (χ0v) is 32.4. The van der Waals surface area contributed by atoms with Crippen LogP contribution in [0.5, 0.6) is 0 Å². The second-order valence-corrected chi connectivity index (χ2v) is 15.2. The number of unbranched alkanes of at least 4 members (excludes halogenated alkanes) is 32. The molecule has 46 heavy (non-hydrogen) atoms. The molecular weight excluding hydrogens is 556 g/mol. The molecule has 0 N–H and O–H groups in total. The van der Waals surface area contributed by atoms with E-state index in [2.05, 4.69) is 42.3 Å². The van der Waals surface area contributed by atoms with Crippen LogP contribution in [0, 0.1) is 0 Å². The molecule has 2 nitrogen and oxygen atoms in total. The normalized spacial score (nSPS) is 11.6. The summed E-state index contributed by atoms with van der Waals surface area (Å²) in [5.41, 5.74) is 0. The largest absolute Gasteiger partial charge is 0.256 e. The number of nitrogens with zero attached hydrogens (tertiary/aromatic N) is 2. The van der Waals surface area contributed by atoms with E-state index < -0.39 is 0 Å². The van der Waals surface area contributed by atoms with E-state index in [1.807, 2.05) is 0 Å². The fourth-order valence-electron chi connectivity index (χ4n) is 7.39. The minimum atomic E-state index is 1.23. The molecule has 0 amide bonds. The van der Waals surface area contributed by atoms with Crippen molar-refractivity contribution >= 4 is 0 Å².